The number of carboxylic acid groups (broad SMARTS) is 1. The molecule has 1 amide bonds. The quantitative estimate of drug-likeness (QED) is 0.600. The number of ketones is 1. The van der Waals surface area contributed by atoms with E-state index in [-0.39, 0.29) is 12.5 Å². The van der Waals surface area contributed by atoms with Crippen LogP contribution in [0.3, 0.4) is 0 Å². The number of hydrogen-bond donors (Lipinski definition) is 2. The van der Waals surface area contributed by atoms with E-state index in [0.29, 0.717) is 6.07 Å². The number of aliphatic carboxylic acids is 1. The lowest BCUT2D eigenvalue weighted by atomic mass is 10.0. The lowest BCUT2D eigenvalue weighted by Gasteiger charge is -2.21. The van der Waals surface area contributed by atoms with Crippen molar-refractivity contribution in [2.45, 2.75) is 45.3 Å². The average molecular weight is 361 g/mol. The molecule has 138 valence electrons. The smallest absolute Gasteiger partial charge is 0.408 e. The average Bonchev–Trinajstić information content (AvgIpc) is 2.44. The maximum atomic E-state index is 13.5. The van der Waals surface area contributed by atoms with Gasteiger partial charge in [0.15, 0.2) is 17.4 Å². The van der Waals surface area contributed by atoms with Crippen LogP contribution >= 0.6 is 0 Å². The molecule has 9 heteroatoms. The molecule has 0 saturated heterocycles. The van der Waals surface area contributed by atoms with E-state index in [2.05, 4.69) is 5.32 Å². The van der Waals surface area contributed by atoms with Gasteiger partial charge in [-0.2, -0.15) is 0 Å². The Morgan fingerprint density at radius 3 is 2.20 bits per heavy atom. The maximum Gasteiger partial charge on any atom is 0.408 e. The summed E-state index contributed by atoms with van der Waals surface area (Å²) in [5.74, 6) is -6.44. The third kappa shape index (κ3) is 6.44. The molecule has 2 N–H and O–H groups in total. The van der Waals surface area contributed by atoms with E-state index in [0.717, 1.165) is 0 Å². The second kappa shape index (κ2) is 8.00. The zero-order valence-corrected chi connectivity index (χ0v) is 13.9. The minimum Gasteiger partial charge on any atom is -0.480 e. The highest BCUT2D eigenvalue weighted by atomic mass is 19.2. The highest BCUT2D eigenvalue weighted by Gasteiger charge is 2.25. The lowest BCUT2D eigenvalue weighted by Crippen LogP contribution is -2.43. The predicted octanol–water partition coefficient (Wildman–Crippen LogP) is 3.04. The van der Waals surface area contributed by atoms with Gasteiger partial charge >= 0.3 is 12.1 Å². The second-order valence-corrected chi connectivity index (χ2v) is 6.25. The molecule has 1 rings (SSSR count). The first-order chi connectivity index (χ1) is 11.4. The Morgan fingerprint density at radius 1 is 1.12 bits per heavy atom. The number of carbonyl (C=O) groups is 3. The summed E-state index contributed by atoms with van der Waals surface area (Å²) in [6, 6.07) is -0.826. The molecule has 6 nitrogen and oxygen atoms in total. The van der Waals surface area contributed by atoms with E-state index in [1.807, 2.05) is 0 Å². The molecule has 0 bridgehead atoms. The zero-order chi connectivity index (χ0) is 19.4. The third-order valence-electron chi connectivity index (χ3n) is 2.96. The van der Waals surface area contributed by atoms with Crippen molar-refractivity contribution in [2.75, 3.05) is 0 Å². The molecule has 1 unspecified atom stereocenters. The van der Waals surface area contributed by atoms with Crippen molar-refractivity contribution in [3.05, 3.63) is 35.1 Å². The summed E-state index contributed by atoms with van der Waals surface area (Å²) in [6.07, 6.45) is -1.88. The SMILES string of the molecule is CC(C)(C)OC(=O)NC(CCC(=O)c1cc(F)c(F)cc1F)C(=O)O. The number of alkyl carbamates (subject to hydrolysis) is 1. The number of nitrogens with one attached hydrogen (secondary N) is 1. The Balaban J connectivity index is 2.75. The highest BCUT2D eigenvalue weighted by molar-refractivity contribution is 5.96. The van der Waals surface area contributed by atoms with Crippen LogP contribution in [0.25, 0.3) is 0 Å². The van der Waals surface area contributed by atoms with Crippen LogP contribution in [-0.2, 0) is 9.53 Å². The van der Waals surface area contributed by atoms with Gasteiger partial charge in [0.1, 0.15) is 17.5 Å². The van der Waals surface area contributed by atoms with Crippen molar-refractivity contribution in [3.63, 3.8) is 0 Å². The van der Waals surface area contributed by atoms with Gasteiger partial charge in [-0.05, 0) is 33.3 Å². The first-order valence-electron chi connectivity index (χ1n) is 7.31. The van der Waals surface area contributed by atoms with E-state index < -0.39 is 58.9 Å². The normalized spacial score (nSPS) is 12.4. The fourth-order valence-corrected chi connectivity index (χ4v) is 1.85. The number of Topliss-reactive ketones (excluding diaryl/α,β-unsaturated/α-hetero) is 1. The Kier molecular flexibility index (Phi) is 6.55. The lowest BCUT2D eigenvalue weighted by molar-refractivity contribution is -0.139. The number of benzene rings is 1. The molecule has 1 atom stereocenters. The standard InChI is InChI=1S/C16H18F3NO5/c1-16(2,3)25-15(24)20-12(14(22)23)4-5-13(21)8-6-10(18)11(19)7-9(8)17/h6-7,12H,4-5H2,1-3H3,(H,20,24)(H,22,23). The molecule has 0 radical (unpaired) electrons. The number of rotatable bonds is 6. The molecule has 0 fully saturated rings. The summed E-state index contributed by atoms with van der Waals surface area (Å²) < 4.78 is 44.4. The predicted molar refractivity (Wildman–Crippen MR) is 80.7 cm³/mol. The molecular weight excluding hydrogens is 343 g/mol. The van der Waals surface area contributed by atoms with Crippen LogP contribution in [0.5, 0.6) is 0 Å². The van der Waals surface area contributed by atoms with Crippen molar-refractivity contribution in [1.29, 1.82) is 0 Å². The van der Waals surface area contributed by atoms with Crippen LogP contribution in [0.1, 0.15) is 44.0 Å². The number of ether oxygens (including phenoxy) is 1. The Hall–Kier alpha value is -2.58. The van der Waals surface area contributed by atoms with Crippen molar-refractivity contribution in [2.24, 2.45) is 0 Å². The fraction of sp³-hybridized carbons (Fsp3) is 0.438. The largest absolute Gasteiger partial charge is 0.480 e. The van der Waals surface area contributed by atoms with Crippen LogP contribution in [0, 0.1) is 17.5 Å². The summed E-state index contributed by atoms with van der Waals surface area (Å²) in [5, 5.41) is 11.1. The van der Waals surface area contributed by atoms with Crippen molar-refractivity contribution in [3.8, 4) is 0 Å². The molecule has 1 aromatic rings. The highest BCUT2D eigenvalue weighted by Crippen LogP contribution is 2.17. The van der Waals surface area contributed by atoms with E-state index in [4.69, 9.17) is 9.84 Å². The minimum atomic E-state index is -1.47. The van der Waals surface area contributed by atoms with Crippen LogP contribution in [-0.4, -0.2) is 34.6 Å². The second-order valence-electron chi connectivity index (χ2n) is 6.25. The molecule has 0 aliphatic rings. The van der Waals surface area contributed by atoms with Gasteiger partial charge in [0, 0.05) is 12.5 Å². The van der Waals surface area contributed by atoms with E-state index in [1.165, 1.54) is 0 Å². The molecule has 0 saturated carbocycles. The van der Waals surface area contributed by atoms with E-state index in [1.54, 1.807) is 20.8 Å². The summed E-state index contributed by atoms with van der Waals surface area (Å²) in [6.45, 7) is 4.74. The molecule has 25 heavy (non-hydrogen) atoms. The summed E-state index contributed by atoms with van der Waals surface area (Å²) in [4.78, 5) is 34.6. The molecule has 0 aromatic heterocycles. The van der Waals surface area contributed by atoms with Crippen molar-refractivity contribution in [1.82, 2.24) is 5.32 Å². The van der Waals surface area contributed by atoms with Gasteiger partial charge in [0.25, 0.3) is 0 Å². The van der Waals surface area contributed by atoms with Gasteiger partial charge in [0.2, 0.25) is 0 Å². The maximum absolute atomic E-state index is 13.5. The summed E-state index contributed by atoms with van der Waals surface area (Å²) >= 11 is 0. The van der Waals surface area contributed by atoms with Gasteiger partial charge in [-0.3, -0.25) is 4.79 Å². The number of halogens is 3. The first kappa shape index (κ1) is 20.5. The van der Waals surface area contributed by atoms with Crippen LogP contribution in [0.2, 0.25) is 0 Å². The fourth-order valence-electron chi connectivity index (χ4n) is 1.85. The molecule has 0 aliphatic heterocycles. The van der Waals surface area contributed by atoms with Crippen LogP contribution < -0.4 is 5.32 Å². The molecule has 1 aromatic carbocycles. The van der Waals surface area contributed by atoms with Gasteiger partial charge in [-0.15, -0.1) is 0 Å². The molecule has 0 heterocycles. The van der Waals surface area contributed by atoms with Crippen LogP contribution in [0.15, 0.2) is 12.1 Å². The molecular formula is C16H18F3NO5. The van der Waals surface area contributed by atoms with Gasteiger partial charge in [-0.25, -0.2) is 22.8 Å². The monoisotopic (exact) mass is 361 g/mol. The number of carbonyl (C=O) groups excluding carboxylic acids is 2. The summed E-state index contributed by atoms with van der Waals surface area (Å²) in [5.41, 5.74) is -1.54. The Bertz CT molecular complexity index is 685. The van der Waals surface area contributed by atoms with Gasteiger partial charge in [-0.1, -0.05) is 0 Å². The Morgan fingerprint density at radius 2 is 1.68 bits per heavy atom. The van der Waals surface area contributed by atoms with Gasteiger partial charge < -0.3 is 15.2 Å². The first-order valence-corrected chi connectivity index (χ1v) is 7.31. The molecule has 0 aliphatic carbocycles. The van der Waals surface area contributed by atoms with Crippen molar-refractivity contribution >= 4 is 17.8 Å². The Labute approximate surface area is 142 Å². The molecule has 0 spiro atoms. The number of carboxylic acids is 1. The summed E-state index contributed by atoms with van der Waals surface area (Å²) in [7, 11) is 0. The van der Waals surface area contributed by atoms with E-state index >= 15 is 0 Å². The van der Waals surface area contributed by atoms with Gasteiger partial charge in [0.05, 0.1) is 5.56 Å². The number of hydrogen-bond acceptors (Lipinski definition) is 4. The topological polar surface area (TPSA) is 92.7 Å². The zero-order valence-electron chi connectivity index (χ0n) is 13.9. The van der Waals surface area contributed by atoms with Crippen LogP contribution in [0.4, 0.5) is 18.0 Å². The van der Waals surface area contributed by atoms with E-state index in [9.17, 15) is 27.6 Å². The number of amides is 1. The van der Waals surface area contributed by atoms with Crippen molar-refractivity contribution < 1.29 is 37.4 Å². The minimum absolute atomic E-state index is 0.232. The third-order valence-corrected chi connectivity index (χ3v) is 2.96.